The van der Waals surface area contributed by atoms with E-state index in [2.05, 4.69) is 13.5 Å². The minimum absolute atomic E-state index is 0.143. The first kappa shape index (κ1) is 20.5. The Hall–Kier alpha value is -1.24. The van der Waals surface area contributed by atoms with Crippen LogP contribution in [-0.4, -0.2) is 41.1 Å². The largest absolute Gasteiger partial charge is 0.367 e. The predicted octanol–water partition coefficient (Wildman–Crippen LogP) is 3.80. The number of hydrogen-bond acceptors (Lipinski definition) is 5. The minimum atomic E-state index is -1.58. The number of hydrogen-bond donors (Lipinski definition) is 1. The third-order valence-electron chi connectivity index (χ3n) is 6.11. The fourth-order valence-corrected chi connectivity index (χ4v) is 4.51. The maximum Gasteiger partial charge on any atom is 0.212 e. The molecule has 0 radical (unpaired) electrons. The van der Waals surface area contributed by atoms with Gasteiger partial charge in [-0.1, -0.05) is 50.8 Å². The second-order valence-corrected chi connectivity index (χ2v) is 8.46. The van der Waals surface area contributed by atoms with Gasteiger partial charge in [-0.15, -0.1) is 0 Å². The van der Waals surface area contributed by atoms with Gasteiger partial charge in [-0.05, 0) is 38.8 Å². The van der Waals surface area contributed by atoms with Crippen LogP contribution in [0.3, 0.4) is 0 Å². The Bertz CT molecular complexity index is 675. The Kier molecular flexibility index (Phi) is 5.30. The standard InChI is InChI=1S/C22H32O5/c1-7-17-21(6,27-19(3,4)26-17)20(5)15-25-22(23,8-2)18(20)24-14-16-12-10-9-11-13-16/h8-13,17-18,23H,2,7,14-15H2,1,3-6H3/t17-,18-,20-,21+,22?/m1/s1. The van der Waals surface area contributed by atoms with E-state index in [-0.39, 0.29) is 12.7 Å². The fourth-order valence-electron chi connectivity index (χ4n) is 4.51. The predicted molar refractivity (Wildman–Crippen MR) is 103 cm³/mol. The van der Waals surface area contributed by atoms with Crippen molar-refractivity contribution in [2.45, 2.75) is 77.0 Å². The van der Waals surface area contributed by atoms with Gasteiger partial charge in [-0.2, -0.15) is 0 Å². The van der Waals surface area contributed by atoms with Gasteiger partial charge < -0.3 is 24.1 Å². The van der Waals surface area contributed by atoms with Crippen LogP contribution in [0.2, 0.25) is 0 Å². The average molecular weight is 376 g/mol. The van der Waals surface area contributed by atoms with Crippen molar-refractivity contribution in [1.82, 2.24) is 0 Å². The van der Waals surface area contributed by atoms with Crippen molar-refractivity contribution in [3.05, 3.63) is 48.6 Å². The molecule has 3 rings (SSSR count). The zero-order valence-corrected chi connectivity index (χ0v) is 17.0. The molecule has 0 aromatic heterocycles. The summed E-state index contributed by atoms with van der Waals surface area (Å²) in [5.41, 5.74) is -0.307. The molecular formula is C22H32O5. The highest BCUT2D eigenvalue weighted by molar-refractivity contribution is 5.18. The monoisotopic (exact) mass is 376 g/mol. The zero-order chi connectivity index (χ0) is 19.9. The lowest BCUT2D eigenvalue weighted by Gasteiger charge is -2.46. The van der Waals surface area contributed by atoms with E-state index in [1.165, 1.54) is 6.08 Å². The Morgan fingerprint density at radius 3 is 2.48 bits per heavy atom. The van der Waals surface area contributed by atoms with E-state index in [1.54, 1.807) is 0 Å². The highest BCUT2D eigenvalue weighted by atomic mass is 16.8. The van der Waals surface area contributed by atoms with Gasteiger partial charge in [0.15, 0.2) is 5.79 Å². The Morgan fingerprint density at radius 2 is 1.89 bits per heavy atom. The quantitative estimate of drug-likeness (QED) is 0.765. The molecule has 150 valence electrons. The Morgan fingerprint density at radius 1 is 1.22 bits per heavy atom. The summed E-state index contributed by atoms with van der Waals surface area (Å²) in [6.07, 6.45) is 1.41. The van der Waals surface area contributed by atoms with Gasteiger partial charge in [0.1, 0.15) is 11.7 Å². The van der Waals surface area contributed by atoms with Crippen LogP contribution < -0.4 is 0 Å². The number of aliphatic hydroxyl groups is 1. The second-order valence-electron chi connectivity index (χ2n) is 8.46. The summed E-state index contributed by atoms with van der Waals surface area (Å²) >= 11 is 0. The van der Waals surface area contributed by atoms with Gasteiger partial charge in [-0.3, -0.25) is 0 Å². The number of ether oxygens (including phenoxy) is 4. The molecule has 2 heterocycles. The minimum Gasteiger partial charge on any atom is -0.367 e. The van der Waals surface area contributed by atoms with Crippen molar-refractivity contribution >= 4 is 0 Å². The maximum absolute atomic E-state index is 11.1. The van der Waals surface area contributed by atoms with Crippen LogP contribution in [0.5, 0.6) is 0 Å². The topological polar surface area (TPSA) is 57.2 Å². The van der Waals surface area contributed by atoms with Crippen molar-refractivity contribution in [3.8, 4) is 0 Å². The fraction of sp³-hybridized carbons (Fsp3) is 0.636. The van der Waals surface area contributed by atoms with Gasteiger partial charge in [-0.25, -0.2) is 0 Å². The van der Waals surface area contributed by atoms with Crippen molar-refractivity contribution in [1.29, 1.82) is 0 Å². The molecule has 2 aliphatic rings. The third kappa shape index (κ3) is 3.36. The molecule has 5 heteroatoms. The van der Waals surface area contributed by atoms with E-state index in [1.807, 2.05) is 58.0 Å². The lowest BCUT2D eigenvalue weighted by Crippen LogP contribution is -2.60. The summed E-state index contributed by atoms with van der Waals surface area (Å²) in [6.45, 7) is 14.4. The molecule has 0 aliphatic carbocycles. The normalized spacial score (nSPS) is 41.0. The number of benzene rings is 1. The molecule has 1 aromatic carbocycles. The number of rotatable bonds is 6. The molecule has 1 unspecified atom stereocenters. The molecule has 2 aliphatic heterocycles. The summed E-state index contributed by atoms with van der Waals surface area (Å²) in [7, 11) is 0. The van der Waals surface area contributed by atoms with E-state index in [0.29, 0.717) is 6.61 Å². The molecule has 0 spiro atoms. The van der Waals surface area contributed by atoms with Crippen LogP contribution in [0.15, 0.2) is 43.0 Å². The second kappa shape index (κ2) is 6.98. The average Bonchev–Trinajstić information content (AvgIpc) is 3.06. The Balaban J connectivity index is 1.94. The summed E-state index contributed by atoms with van der Waals surface area (Å²) in [5, 5.41) is 11.1. The first-order valence-corrected chi connectivity index (χ1v) is 9.63. The molecule has 2 saturated heterocycles. The van der Waals surface area contributed by atoms with Crippen LogP contribution in [0.1, 0.15) is 46.6 Å². The van der Waals surface area contributed by atoms with Gasteiger partial charge in [0.05, 0.1) is 24.7 Å². The molecule has 0 amide bonds. The third-order valence-corrected chi connectivity index (χ3v) is 6.11. The van der Waals surface area contributed by atoms with Gasteiger partial charge in [0.25, 0.3) is 0 Å². The van der Waals surface area contributed by atoms with E-state index in [9.17, 15) is 5.11 Å². The molecule has 2 fully saturated rings. The van der Waals surface area contributed by atoms with E-state index < -0.39 is 28.7 Å². The van der Waals surface area contributed by atoms with Gasteiger partial charge >= 0.3 is 0 Å². The van der Waals surface area contributed by atoms with Gasteiger partial charge in [0.2, 0.25) is 5.79 Å². The van der Waals surface area contributed by atoms with E-state index in [4.69, 9.17) is 18.9 Å². The van der Waals surface area contributed by atoms with Gasteiger partial charge in [0, 0.05) is 0 Å². The van der Waals surface area contributed by atoms with Crippen LogP contribution in [0.25, 0.3) is 0 Å². The molecule has 5 nitrogen and oxygen atoms in total. The molecule has 1 aromatic rings. The lowest BCUT2D eigenvalue weighted by atomic mass is 9.67. The smallest absolute Gasteiger partial charge is 0.212 e. The first-order valence-electron chi connectivity index (χ1n) is 9.63. The van der Waals surface area contributed by atoms with E-state index >= 15 is 0 Å². The molecule has 27 heavy (non-hydrogen) atoms. The summed E-state index contributed by atoms with van der Waals surface area (Å²) in [5.74, 6) is -2.29. The van der Waals surface area contributed by atoms with Crippen LogP contribution >= 0.6 is 0 Å². The van der Waals surface area contributed by atoms with E-state index in [0.717, 1.165) is 12.0 Å². The summed E-state index contributed by atoms with van der Waals surface area (Å²) in [4.78, 5) is 0. The Labute approximate surface area is 162 Å². The van der Waals surface area contributed by atoms with Crippen molar-refractivity contribution in [2.75, 3.05) is 6.61 Å². The maximum atomic E-state index is 11.1. The first-order chi connectivity index (χ1) is 12.6. The SMILES string of the molecule is C=CC1(O)OC[C@@](C)([C@@]2(C)OC(C)(C)O[C@@H]2CC)[C@H]1OCc1ccccc1. The van der Waals surface area contributed by atoms with Crippen molar-refractivity contribution in [2.24, 2.45) is 5.41 Å². The highest BCUT2D eigenvalue weighted by Gasteiger charge is 2.69. The highest BCUT2D eigenvalue weighted by Crippen LogP contribution is 2.56. The van der Waals surface area contributed by atoms with Crippen LogP contribution in [-0.2, 0) is 25.6 Å². The van der Waals surface area contributed by atoms with Crippen molar-refractivity contribution in [3.63, 3.8) is 0 Å². The summed E-state index contributed by atoms with van der Waals surface area (Å²) in [6, 6.07) is 9.89. The molecule has 0 saturated carbocycles. The zero-order valence-electron chi connectivity index (χ0n) is 17.0. The molecular weight excluding hydrogens is 344 g/mol. The summed E-state index contributed by atoms with van der Waals surface area (Å²) < 4.78 is 24.7. The molecule has 0 bridgehead atoms. The molecule has 5 atom stereocenters. The van der Waals surface area contributed by atoms with Crippen molar-refractivity contribution < 1.29 is 24.1 Å². The lowest BCUT2D eigenvalue weighted by molar-refractivity contribution is -0.224. The van der Waals surface area contributed by atoms with Crippen LogP contribution in [0, 0.1) is 5.41 Å². The van der Waals surface area contributed by atoms with Crippen LogP contribution in [0.4, 0.5) is 0 Å². The molecule has 1 N–H and O–H groups in total.